The minimum atomic E-state index is -0.0616. The number of aryl methyl sites for hydroxylation is 1. The largest absolute Gasteiger partial charge is 0.348 e. The number of halogens is 2. The van der Waals surface area contributed by atoms with Crippen LogP contribution in [0.3, 0.4) is 0 Å². The van der Waals surface area contributed by atoms with Gasteiger partial charge in [-0.15, -0.1) is 12.4 Å². The van der Waals surface area contributed by atoms with Gasteiger partial charge in [0.1, 0.15) is 0 Å². The molecule has 0 aliphatic carbocycles. The number of benzene rings is 1. The van der Waals surface area contributed by atoms with E-state index in [1.807, 2.05) is 25.1 Å². The maximum absolute atomic E-state index is 12.1. The summed E-state index contributed by atoms with van der Waals surface area (Å²) in [4.78, 5) is 12.1. The van der Waals surface area contributed by atoms with Gasteiger partial charge < -0.3 is 11.1 Å². The lowest BCUT2D eigenvalue weighted by molar-refractivity contribution is 0.0935. The summed E-state index contributed by atoms with van der Waals surface area (Å²) in [6.07, 6.45) is 3.13. The molecular formula is C14H22BrClN2O. The lowest BCUT2D eigenvalue weighted by atomic mass is 10.1. The Morgan fingerprint density at radius 3 is 2.68 bits per heavy atom. The smallest absolute Gasteiger partial charge is 0.252 e. The molecule has 1 aromatic carbocycles. The summed E-state index contributed by atoms with van der Waals surface area (Å²) in [5, 5.41) is 2.98. The zero-order valence-electron chi connectivity index (χ0n) is 11.4. The normalized spacial score (nSPS) is 11.6. The molecule has 0 aliphatic rings. The van der Waals surface area contributed by atoms with Crippen molar-refractivity contribution < 1.29 is 4.79 Å². The zero-order chi connectivity index (χ0) is 13.5. The molecule has 0 bridgehead atoms. The van der Waals surface area contributed by atoms with Crippen LogP contribution < -0.4 is 11.1 Å². The van der Waals surface area contributed by atoms with E-state index in [2.05, 4.69) is 28.2 Å². The van der Waals surface area contributed by atoms with Crippen LogP contribution in [0.25, 0.3) is 0 Å². The van der Waals surface area contributed by atoms with E-state index in [0.29, 0.717) is 12.1 Å². The van der Waals surface area contributed by atoms with Crippen molar-refractivity contribution in [3.63, 3.8) is 0 Å². The van der Waals surface area contributed by atoms with E-state index < -0.39 is 0 Å². The van der Waals surface area contributed by atoms with E-state index in [-0.39, 0.29) is 24.4 Å². The Hall–Kier alpha value is -0.580. The van der Waals surface area contributed by atoms with Gasteiger partial charge in [0.2, 0.25) is 0 Å². The van der Waals surface area contributed by atoms with Crippen molar-refractivity contribution in [3.05, 3.63) is 33.8 Å². The van der Waals surface area contributed by atoms with Crippen LogP contribution >= 0.6 is 28.3 Å². The Morgan fingerprint density at radius 2 is 2.16 bits per heavy atom. The van der Waals surface area contributed by atoms with Crippen LogP contribution in [0.4, 0.5) is 0 Å². The van der Waals surface area contributed by atoms with Crippen LogP contribution in [-0.4, -0.2) is 18.5 Å². The lowest BCUT2D eigenvalue weighted by Crippen LogP contribution is -2.40. The quantitative estimate of drug-likeness (QED) is 0.826. The van der Waals surface area contributed by atoms with Gasteiger partial charge in [0.25, 0.3) is 5.91 Å². The second kappa shape index (κ2) is 9.34. The fourth-order valence-corrected chi connectivity index (χ4v) is 2.44. The van der Waals surface area contributed by atoms with Crippen LogP contribution in [-0.2, 0) is 0 Å². The monoisotopic (exact) mass is 348 g/mol. The van der Waals surface area contributed by atoms with Crippen molar-refractivity contribution in [1.82, 2.24) is 5.32 Å². The van der Waals surface area contributed by atoms with Gasteiger partial charge in [-0.1, -0.05) is 25.8 Å². The maximum Gasteiger partial charge on any atom is 0.252 e. The van der Waals surface area contributed by atoms with Gasteiger partial charge in [-0.05, 0) is 47.0 Å². The lowest BCUT2D eigenvalue weighted by Gasteiger charge is -2.17. The van der Waals surface area contributed by atoms with E-state index in [1.54, 1.807) is 0 Å². The molecule has 0 spiro atoms. The number of hydrogen-bond donors (Lipinski definition) is 2. The van der Waals surface area contributed by atoms with Crippen molar-refractivity contribution in [3.8, 4) is 0 Å². The maximum atomic E-state index is 12.1. The minimum Gasteiger partial charge on any atom is -0.348 e. The van der Waals surface area contributed by atoms with Crippen LogP contribution in [0.5, 0.6) is 0 Å². The highest BCUT2D eigenvalue weighted by Gasteiger charge is 2.14. The molecule has 0 aliphatic heterocycles. The molecule has 108 valence electrons. The number of unbranched alkanes of at least 4 members (excludes halogenated alkanes) is 1. The third-order valence-corrected chi connectivity index (χ3v) is 3.55. The molecule has 19 heavy (non-hydrogen) atoms. The first-order chi connectivity index (χ1) is 8.58. The van der Waals surface area contributed by atoms with Gasteiger partial charge in [-0.2, -0.15) is 0 Å². The SMILES string of the molecule is CCCCC(CN)NC(=O)c1ccc(C)cc1Br.Cl. The molecule has 1 aromatic rings. The summed E-state index contributed by atoms with van der Waals surface area (Å²) in [7, 11) is 0. The van der Waals surface area contributed by atoms with Crippen molar-refractivity contribution >= 4 is 34.2 Å². The van der Waals surface area contributed by atoms with Gasteiger partial charge >= 0.3 is 0 Å². The average molecular weight is 350 g/mol. The fourth-order valence-electron chi connectivity index (χ4n) is 1.77. The standard InChI is InChI=1S/C14H21BrN2O.ClH/c1-3-4-5-11(9-16)17-14(18)12-7-6-10(2)8-13(12)15;/h6-8,11H,3-5,9,16H2,1-2H3,(H,17,18);1H. The molecule has 0 saturated carbocycles. The Morgan fingerprint density at radius 1 is 1.47 bits per heavy atom. The van der Waals surface area contributed by atoms with Crippen LogP contribution in [0.15, 0.2) is 22.7 Å². The molecule has 5 heteroatoms. The first kappa shape index (κ1) is 18.4. The molecule has 0 fully saturated rings. The molecule has 1 unspecified atom stereocenters. The van der Waals surface area contributed by atoms with Gasteiger partial charge in [0, 0.05) is 17.1 Å². The summed E-state index contributed by atoms with van der Waals surface area (Å²) in [5.74, 6) is -0.0616. The molecular weight excluding hydrogens is 328 g/mol. The highest BCUT2D eigenvalue weighted by atomic mass is 79.9. The highest BCUT2D eigenvalue weighted by Crippen LogP contribution is 2.18. The second-order valence-corrected chi connectivity index (χ2v) is 5.39. The number of carbonyl (C=O) groups excluding carboxylic acids is 1. The van der Waals surface area contributed by atoms with Crippen LogP contribution in [0.2, 0.25) is 0 Å². The van der Waals surface area contributed by atoms with E-state index in [1.165, 1.54) is 0 Å². The number of carbonyl (C=O) groups is 1. The Labute approximate surface area is 129 Å². The van der Waals surface area contributed by atoms with Crippen LogP contribution in [0.1, 0.15) is 42.1 Å². The van der Waals surface area contributed by atoms with E-state index in [0.717, 1.165) is 29.3 Å². The van der Waals surface area contributed by atoms with Crippen molar-refractivity contribution in [1.29, 1.82) is 0 Å². The van der Waals surface area contributed by atoms with Gasteiger partial charge in [-0.3, -0.25) is 4.79 Å². The van der Waals surface area contributed by atoms with Crippen molar-refractivity contribution in [2.24, 2.45) is 5.73 Å². The van der Waals surface area contributed by atoms with Gasteiger partial charge in [0.05, 0.1) is 5.56 Å². The molecule has 0 saturated heterocycles. The zero-order valence-corrected chi connectivity index (χ0v) is 13.8. The number of hydrogen-bond acceptors (Lipinski definition) is 2. The molecule has 0 heterocycles. The number of nitrogens with one attached hydrogen (secondary N) is 1. The summed E-state index contributed by atoms with van der Waals surface area (Å²) in [6.45, 7) is 4.61. The molecule has 1 atom stereocenters. The Bertz CT molecular complexity index is 412. The van der Waals surface area contributed by atoms with Crippen molar-refractivity contribution in [2.45, 2.75) is 39.2 Å². The van der Waals surface area contributed by atoms with E-state index in [9.17, 15) is 4.79 Å². The first-order valence-corrected chi connectivity index (χ1v) is 7.14. The minimum absolute atomic E-state index is 0. The summed E-state index contributed by atoms with van der Waals surface area (Å²) in [5.41, 5.74) is 7.46. The summed E-state index contributed by atoms with van der Waals surface area (Å²) >= 11 is 3.42. The molecule has 3 N–H and O–H groups in total. The first-order valence-electron chi connectivity index (χ1n) is 6.35. The van der Waals surface area contributed by atoms with Gasteiger partial charge in [0.15, 0.2) is 0 Å². The highest BCUT2D eigenvalue weighted by molar-refractivity contribution is 9.10. The molecule has 0 aromatic heterocycles. The predicted molar refractivity (Wildman–Crippen MR) is 86.0 cm³/mol. The summed E-state index contributed by atoms with van der Waals surface area (Å²) in [6, 6.07) is 5.77. The predicted octanol–water partition coefficient (Wildman–Crippen LogP) is 3.43. The number of rotatable bonds is 6. The number of nitrogens with two attached hydrogens (primary N) is 1. The fraction of sp³-hybridized carbons (Fsp3) is 0.500. The average Bonchev–Trinajstić information content (AvgIpc) is 2.34. The third kappa shape index (κ3) is 5.93. The topological polar surface area (TPSA) is 55.1 Å². The Balaban J connectivity index is 0.00000324. The van der Waals surface area contributed by atoms with E-state index >= 15 is 0 Å². The molecule has 1 rings (SSSR count). The van der Waals surface area contributed by atoms with Gasteiger partial charge in [-0.25, -0.2) is 0 Å². The molecule has 1 amide bonds. The number of amides is 1. The van der Waals surface area contributed by atoms with Crippen molar-refractivity contribution in [2.75, 3.05) is 6.54 Å². The molecule has 3 nitrogen and oxygen atoms in total. The summed E-state index contributed by atoms with van der Waals surface area (Å²) < 4.78 is 0.825. The van der Waals surface area contributed by atoms with E-state index in [4.69, 9.17) is 5.73 Å². The third-order valence-electron chi connectivity index (χ3n) is 2.90. The van der Waals surface area contributed by atoms with Crippen LogP contribution in [0, 0.1) is 6.92 Å². The Kier molecular flexibility index (Phi) is 9.06. The molecule has 0 radical (unpaired) electrons. The second-order valence-electron chi connectivity index (χ2n) is 4.53.